The average molecular weight is 477 g/mol. The van der Waals surface area contributed by atoms with Crippen molar-refractivity contribution in [2.45, 2.75) is 43.7 Å². The number of rotatable bonds is 9. The third kappa shape index (κ3) is 5.03. The van der Waals surface area contributed by atoms with Gasteiger partial charge in [0.15, 0.2) is 5.82 Å². The van der Waals surface area contributed by atoms with Crippen molar-refractivity contribution >= 4 is 32.9 Å². The Bertz CT molecular complexity index is 1300. The fraction of sp³-hybridized carbons (Fsp3) is 0.318. The van der Waals surface area contributed by atoms with Gasteiger partial charge in [0, 0.05) is 18.5 Å². The number of hydrogen-bond acceptors (Lipinski definition) is 6. The summed E-state index contributed by atoms with van der Waals surface area (Å²) in [6.45, 7) is -2.71. The Balaban J connectivity index is 1.22. The van der Waals surface area contributed by atoms with E-state index in [1.165, 1.54) is 12.1 Å². The second-order valence-electron chi connectivity index (χ2n) is 7.47. The first-order valence-corrected chi connectivity index (χ1v) is 11.9. The maximum absolute atomic E-state index is 13.4. The fourth-order valence-electron chi connectivity index (χ4n) is 3.63. The molecule has 0 atom stereocenters. The second kappa shape index (κ2) is 9.65. The molecule has 1 aliphatic rings. The number of alkyl halides is 2. The Labute approximate surface area is 189 Å². The first-order valence-electron chi connectivity index (χ1n) is 10.4. The summed E-state index contributed by atoms with van der Waals surface area (Å²) in [6.07, 6.45) is 2.01. The van der Waals surface area contributed by atoms with Gasteiger partial charge < -0.3 is 4.74 Å². The van der Waals surface area contributed by atoms with Crippen molar-refractivity contribution in [1.82, 2.24) is 14.3 Å². The fourth-order valence-corrected chi connectivity index (χ4v) is 4.88. The van der Waals surface area contributed by atoms with Gasteiger partial charge in [0.2, 0.25) is 0 Å². The minimum Gasteiger partial charge on any atom is -0.458 e. The van der Waals surface area contributed by atoms with Crippen LogP contribution in [-0.2, 0) is 26.2 Å². The van der Waals surface area contributed by atoms with Crippen molar-refractivity contribution < 1.29 is 26.7 Å². The highest BCUT2D eigenvalue weighted by Gasteiger charge is 2.29. The molecule has 174 valence electrons. The molecule has 2 aromatic carbocycles. The molecular formula is C22H22F2N4O4S. The lowest BCUT2D eigenvalue weighted by molar-refractivity contribution is -0.145. The first-order chi connectivity index (χ1) is 15.9. The number of ether oxygens (including phenoxy) is 1. The second-order valence-corrected chi connectivity index (χ2v) is 9.12. The zero-order valence-corrected chi connectivity index (χ0v) is 18.4. The maximum Gasteiger partial charge on any atom is 0.320 e. The predicted octanol–water partition coefficient (Wildman–Crippen LogP) is 3.77. The molecule has 0 radical (unpaired) electrons. The first kappa shape index (κ1) is 22.8. The number of esters is 1. The molecule has 0 unspecified atom stereocenters. The number of nitrogens with one attached hydrogen (secondary N) is 1. The van der Waals surface area contributed by atoms with E-state index in [0.717, 1.165) is 4.57 Å². The highest BCUT2D eigenvalue weighted by atomic mass is 32.2. The predicted molar refractivity (Wildman–Crippen MR) is 117 cm³/mol. The van der Waals surface area contributed by atoms with E-state index < -0.39 is 22.5 Å². The van der Waals surface area contributed by atoms with E-state index in [4.69, 9.17) is 4.74 Å². The SMILES string of the molecule is O=C(CCCCCN=C1NS(=O)(=O)c2ccccc21)OCc1nc2ccccc2n1C(F)F. The lowest BCUT2D eigenvalue weighted by Crippen LogP contribution is -2.22. The van der Waals surface area contributed by atoms with Crippen LogP contribution < -0.4 is 4.72 Å². The van der Waals surface area contributed by atoms with Crippen molar-refractivity contribution in [1.29, 1.82) is 0 Å². The summed E-state index contributed by atoms with van der Waals surface area (Å²) in [5.41, 5.74) is 1.25. The Hall–Kier alpha value is -3.34. The molecule has 33 heavy (non-hydrogen) atoms. The number of nitrogens with zero attached hydrogens (tertiary/aromatic N) is 3. The topological polar surface area (TPSA) is 103 Å². The van der Waals surface area contributed by atoms with Crippen LogP contribution in [0.2, 0.25) is 0 Å². The van der Waals surface area contributed by atoms with Crippen LogP contribution in [0, 0.1) is 0 Å². The molecule has 1 aromatic heterocycles. The summed E-state index contributed by atoms with van der Waals surface area (Å²) < 4.78 is 59.3. The van der Waals surface area contributed by atoms with E-state index in [0.29, 0.717) is 42.7 Å². The van der Waals surface area contributed by atoms with Crippen LogP contribution in [-0.4, -0.2) is 36.3 Å². The van der Waals surface area contributed by atoms with Gasteiger partial charge in [-0.25, -0.2) is 13.4 Å². The Morgan fingerprint density at radius 3 is 2.67 bits per heavy atom. The highest BCUT2D eigenvalue weighted by Crippen LogP contribution is 2.24. The van der Waals surface area contributed by atoms with Crippen LogP contribution in [0.4, 0.5) is 8.78 Å². The van der Waals surface area contributed by atoms with Crippen LogP contribution in [0.25, 0.3) is 11.0 Å². The number of carbonyl (C=O) groups excluding carboxylic acids is 1. The monoisotopic (exact) mass is 476 g/mol. The number of benzene rings is 2. The third-order valence-corrected chi connectivity index (χ3v) is 6.60. The normalized spacial score (nSPS) is 15.7. The third-order valence-electron chi connectivity index (χ3n) is 5.20. The molecule has 1 aliphatic heterocycles. The summed E-state index contributed by atoms with van der Waals surface area (Å²) in [6, 6.07) is 13.1. The Kier molecular flexibility index (Phi) is 6.68. The molecule has 2 heterocycles. The minimum atomic E-state index is -3.56. The number of fused-ring (bicyclic) bond motifs is 2. The van der Waals surface area contributed by atoms with Gasteiger partial charge in [-0.2, -0.15) is 8.78 Å². The molecule has 4 rings (SSSR count). The van der Waals surface area contributed by atoms with Crippen LogP contribution in [0.5, 0.6) is 0 Å². The molecule has 8 nitrogen and oxygen atoms in total. The molecule has 3 aromatic rings. The molecule has 0 fully saturated rings. The van der Waals surface area contributed by atoms with Crippen LogP contribution in [0.15, 0.2) is 58.4 Å². The van der Waals surface area contributed by atoms with E-state index >= 15 is 0 Å². The van der Waals surface area contributed by atoms with E-state index in [9.17, 15) is 22.0 Å². The Morgan fingerprint density at radius 1 is 1.09 bits per heavy atom. The van der Waals surface area contributed by atoms with Crippen molar-refractivity contribution in [2.75, 3.05) is 6.54 Å². The van der Waals surface area contributed by atoms with Crippen molar-refractivity contribution in [3.63, 3.8) is 0 Å². The molecular weight excluding hydrogens is 454 g/mol. The lowest BCUT2D eigenvalue weighted by atomic mass is 10.2. The molecule has 0 bridgehead atoms. The molecule has 0 saturated heterocycles. The zero-order valence-electron chi connectivity index (χ0n) is 17.6. The largest absolute Gasteiger partial charge is 0.458 e. The number of aliphatic imine (C=N–C) groups is 1. The van der Waals surface area contributed by atoms with Crippen molar-refractivity contribution in [3.8, 4) is 0 Å². The van der Waals surface area contributed by atoms with Gasteiger partial charge in [0.05, 0.1) is 15.9 Å². The summed E-state index contributed by atoms with van der Waals surface area (Å²) in [4.78, 5) is 20.7. The van der Waals surface area contributed by atoms with Gasteiger partial charge in [0.1, 0.15) is 12.4 Å². The van der Waals surface area contributed by atoms with Gasteiger partial charge in [0.25, 0.3) is 10.0 Å². The van der Waals surface area contributed by atoms with Gasteiger partial charge in [-0.1, -0.05) is 30.7 Å². The maximum atomic E-state index is 13.4. The highest BCUT2D eigenvalue weighted by molar-refractivity contribution is 7.90. The number of aromatic nitrogens is 2. The van der Waals surface area contributed by atoms with Crippen molar-refractivity contribution in [2.24, 2.45) is 4.99 Å². The average Bonchev–Trinajstić information content (AvgIpc) is 3.29. The number of sulfonamides is 1. The van der Waals surface area contributed by atoms with Gasteiger partial charge in [-0.15, -0.1) is 0 Å². The summed E-state index contributed by atoms with van der Waals surface area (Å²) in [5, 5.41) is 0. The van der Waals surface area contributed by atoms with E-state index in [1.54, 1.807) is 36.4 Å². The number of imidazole rings is 1. The smallest absolute Gasteiger partial charge is 0.320 e. The minimum absolute atomic E-state index is 0.00493. The standard InChI is InChI=1S/C22H22F2N4O4S/c23-22(24)28-17-10-5-4-9-16(17)26-19(28)14-32-20(29)12-2-1-7-13-25-21-15-8-3-6-11-18(15)33(30,31)27-21/h3-6,8-11,22H,1-2,7,12-14H2,(H,25,27). The number of hydrogen-bond donors (Lipinski definition) is 1. The molecule has 1 N–H and O–H groups in total. The number of halogens is 2. The number of para-hydroxylation sites is 2. The lowest BCUT2D eigenvalue weighted by Gasteiger charge is -2.08. The summed E-state index contributed by atoms with van der Waals surface area (Å²) in [5.74, 6) is -0.173. The van der Waals surface area contributed by atoms with E-state index in [-0.39, 0.29) is 29.3 Å². The molecule has 0 aliphatic carbocycles. The van der Waals surface area contributed by atoms with Gasteiger partial charge in [-0.3, -0.25) is 19.1 Å². The molecule has 0 spiro atoms. The number of amidine groups is 1. The summed E-state index contributed by atoms with van der Waals surface area (Å²) in [7, 11) is -3.56. The number of carbonyl (C=O) groups is 1. The molecule has 11 heteroatoms. The van der Waals surface area contributed by atoms with Crippen molar-refractivity contribution in [3.05, 3.63) is 59.9 Å². The van der Waals surface area contributed by atoms with E-state index in [2.05, 4.69) is 14.7 Å². The van der Waals surface area contributed by atoms with Crippen LogP contribution in [0.1, 0.15) is 43.6 Å². The molecule has 0 amide bonds. The van der Waals surface area contributed by atoms with E-state index in [1.807, 2.05) is 0 Å². The number of unbranched alkanes of at least 4 members (excludes halogenated alkanes) is 2. The quantitative estimate of drug-likeness (QED) is 0.374. The Morgan fingerprint density at radius 2 is 1.85 bits per heavy atom. The van der Waals surface area contributed by atoms with Gasteiger partial charge >= 0.3 is 12.5 Å². The summed E-state index contributed by atoms with van der Waals surface area (Å²) >= 11 is 0. The van der Waals surface area contributed by atoms with Gasteiger partial charge in [-0.05, 0) is 37.1 Å². The zero-order chi connectivity index (χ0) is 23.4. The van der Waals surface area contributed by atoms with Crippen LogP contribution in [0.3, 0.4) is 0 Å². The molecule has 0 saturated carbocycles. The van der Waals surface area contributed by atoms with Crippen LogP contribution >= 0.6 is 0 Å².